The summed E-state index contributed by atoms with van der Waals surface area (Å²) in [6.45, 7) is 6.02. The van der Waals surface area contributed by atoms with Gasteiger partial charge in [-0.3, -0.25) is 14.4 Å². The van der Waals surface area contributed by atoms with Gasteiger partial charge < -0.3 is 9.64 Å². The quantitative estimate of drug-likeness (QED) is 0.347. The molecule has 1 saturated heterocycles. The Hall–Kier alpha value is -2.69. The number of fused-ring (bicyclic) bond motifs is 4. The molecule has 6 rings (SSSR count). The van der Waals surface area contributed by atoms with E-state index in [1.165, 1.54) is 54.3 Å². The summed E-state index contributed by atoms with van der Waals surface area (Å²) in [4.78, 5) is 41.6. The Balaban J connectivity index is 1.47. The van der Waals surface area contributed by atoms with E-state index < -0.39 is 10.8 Å². The summed E-state index contributed by atoms with van der Waals surface area (Å²) < 4.78 is 5.35. The van der Waals surface area contributed by atoms with Gasteiger partial charge in [-0.2, -0.15) is 0 Å². The molecule has 1 aliphatic heterocycles. The van der Waals surface area contributed by atoms with Crippen LogP contribution in [0.25, 0.3) is 0 Å². The van der Waals surface area contributed by atoms with E-state index in [9.17, 15) is 14.4 Å². The van der Waals surface area contributed by atoms with Gasteiger partial charge in [0, 0.05) is 31.1 Å². The number of Topliss-reactive ketones (excluding diaryl/α,β-unsaturated/α-hetero) is 1. The lowest BCUT2D eigenvalue weighted by Gasteiger charge is -2.54. The second-order valence-electron chi connectivity index (χ2n) is 12.6. The number of hydrogen-bond acceptors (Lipinski definition) is 5. The summed E-state index contributed by atoms with van der Waals surface area (Å²) in [5.41, 5.74) is 5.11. The Labute approximate surface area is 226 Å². The van der Waals surface area contributed by atoms with Gasteiger partial charge in [-0.15, -0.1) is 0 Å². The van der Waals surface area contributed by atoms with Crippen LogP contribution in [0.1, 0.15) is 89.5 Å². The van der Waals surface area contributed by atoms with E-state index >= 15 is 0 Å². The maximum absolute atomic E-state index is 13.4. The Kier molecular flexibility index (Phi) is 6.39. The molecule has 5 heteroatoms. The number of carbonyl (C=O) groups excluding carboxylic acids is 3. The molecule has 1 heterocycles. The zero-order valence-corrected chi connectivity index (χ0v) is 23.2. The van der Waals surface area contributed by atoms with Crippen molar-refractivity contribution in [3.63, 3.8) is 0 Å². The number of allylic oxidation sites excluding steroid dienone is 4. The van der Waals surface area contributed by atoms with Gasteiger partial charge in [0.15, 0.2) is 5.78 Å². The summed E-state index contributed by atoms with van der Waals surface area (Å²) in [5.74, 6) is 0.551. The fourth-order valence-corrected chi connectivity index (χ4v) is 9.29. The number of nitrogens with zero attached hydrogens (tertiary/aromatic N) is 1. The maximum atomic E-state index is 13.4. The molecule has 0 aromatic heterocycles. The number of benzene rings is 1. The van der Waals surface area contributed by atoms with Crippen LogP contribution in [0.3, 0.4) is 0 Å². The standard InChI is InChI=1S/C33H41NO4/c1-21(35)33(31(37)38-3)16-15-29-27-13-9-23-19-25(36)12-14-26(23)30(27)28(20-32(29,33)2)22-7-10-24(11-8-22)34-17-5-4-6-18-34/h7-8,10-11,19,27-29H,4-6,9,12-18,20H2,1-3H3/t27-,28+,29-,32-,33+/m0/s1. The molecule has 4 aliphatic carbocycles. The number of rotatable bonds is 4. The van der Waals surface area contributed by atoms with E-state index in [0.29, 0.717) is 18.8 Å². The Morgan fingerprint density at radius 1 is 1.00 bits per heavy atom. The van der Waals surface area contributed by atoms with Crippen molar-refractivity contribution in [2.75, 3.05) is 25.1 Å². The first-order valence-electron chi connectivity index (χ1n) is 14.7. The molecule has 0 N–H and O–H groups in total. The van der Waals surface area contributed by atoms with E-state index in [-0.39, 0.29) is 29.4 Å². The molecule has 0 amide bonds. The Bertz CT molecular complexity index is 1220. The second-order valence-corrected chi connectivity index (χ2v) is 12.6. The highest BCUT2D eigenvalue weighted by molar-refractivity contribution is 6.04. The number of hydrogen-bond donors (Lipinski definition) is 0. The fourth-order valence-electron chi connectivity index (χ4n) is 9.29. The number of esters is 1. The highest BCUT2D eigenvalue weighted by Crippen LogP contribution is 2.70. The Morgan fingerprint density at radius 3 is 2.42 bits per heavy atom. The molecule has 2 saturated carbocycles. The SMILES string of the molecule is COC(=O)[C@]1(C(C)=O)CC[C@H]2[C@@H]3CCC4=CC(=O)CCC4=C3[C@@H](c3ccc(N4CCCCC4)cc3)C[C@@]21C. The van der Waals surface area contributed by atoms with E-state index in [2.05, 4.69) is 36.1 Å². The summed E-state index contributed by atoms with van der Waals surface area (Å²) in [5, 5.41) is 0. The molecule has 0 bridgehead atoms. The van der Waals surface area contributed by atoms with Crippen molar-refractivity contribution in [1.29, 1.82) is 0 Å². The molecule has 1 aromatic rings. The molecular formula is C33H41NO4. The number of anilines is 1. The van der Waals surface area contributed by atoms with Crippen LogP contribution in [-0.2, 0) is 19.1 Å². The molecular weight excluding hydrogens is 474 g/mol. The van der Waals surface area contributed by atoms with Crippen molar-refractivity contribution in [3.05, 3.63) is 52.6 Å². The number of ketones is 2. The van der Waals surface area contributed by atoms with Gasteiger partial charge in [0.1, 0.15) is 11.2 Å². The molecule has 5 nitrogen and oxygen atoms in total. The highest BCUT2D eigenvalue weighted by atomic mass is 16.5. The minimum absolute atomic E-state index is 0.0516. The minimum atomic E-state index is -1.09. The zero-order chi connectivity index (χ0) is 26.7. The first-order valence-corrected chi connectivity index (χ1v) is 14.7. The van der Waals surface area contributed by atoms with Crippen molar-refractivity contribution in [2.45, 2.75) is 84.0 Å². The second kappa shape index (κ2) is 9.50. The minimum Gasteiger partial charge on any atom is -0.468 e. The molecule has 0 unspecified atom stereocenters. The summed E-state index contributed by atoms with van der Waals surface area (Å²) in [6, 6.07) is 9.12. The van der Waals surface area contributed by atoms with E-state index in [1.807, 2.05) is 6.08 Å². The third kappa shape index (κ3) is 3.67. The monoisotopic (exact) mass is 515 g/mol. The predicted octanol–water partition coefficient (Wildman–Crippen LogP) is 6.32. The number of piperidine rings is 1. The van der Waals surface area contributed by atoms with Gasteiger partial charge in [0.05, 0.1) is 7.11 Å². The normalized spacial score (nSPS) is 34.7. The molecule has 5 aliphatic rings. The molecule has 202 valence electrons. The van der Waals surface area contributed by atoms with Crippen LogP contribution in [0.4, 0.5) is 5.69 Å². The number of ether oxygens (including phenoxy) is 1. The highest BCUT2D eigenvalue weighted by Gasteiger charge is 2.68. The number of carbonyl (C=O) groups is 3. The molecule has 3 fully saturated rings. The lowest BCUT2D eigenvalue weighted by atomic mass is 9.48. The summed E-state index contributed by atoms with van der Waals surface area (Å²) in [7, 11) is 1.42. The average molecular weight is 516 g/mol. The summed E-state index contributed by atoms with van der Waals surface area (Å²) in [6.07, 6.45) is 11.2. The van der Waals surface area contributed by atoms with Crippen molar-refractivity contribution in [1.82, 2.24) is 0 Å². The lowest BCUT2D eigenvalue weighted by molar-refractivity contribution is -0.168. The van der Waals surface area contributed by atoms with Crippen LogP contribution in [0.2, 0.25) is 0 Å². The van der Waals surface area contributed by atoms with E-state index in [4.69, 9.17) is 4.74 Å². The van der Waals surface area contributed by atoms with Crippen LogP contribution in [0.15, 0.2) is 47.1 Å². The van der Waals surface area contributed by atoms with Crippen molar-refractivity contribution < 1.29 is 19.1 Å². The molecule has 38 heavy (non-hydrogen) atoms. The average Bonchev–Trinajstić information content (AvgIpc) is 3.26. The molecule has 5 atom stereocenters. The van der Waals surface area contributed by atoms with Crippen LogP contribution in [-0.4, -0.2) is 37.7 Å². The van der Waals surface area contributed by atoms with Crippen molar-refractivity contribution >= 4 is 23.2 Å². The van der Waals surface area contributed by atoms with Gasteiger partial charge in [0.2, 0.25) is 0 Å². The van der Waals surface area contributed by atoms with Crippen LogP contribution in [0, 0.1) is 22.7 Å². The maximum Gasteiger partial charge on any atom is 0.319 e. The van der Waals surface area contributed by atoms with Gasteiger partial charge >= 0.3 is 5.97 Å². The molecule has 0 spiro atoms. The smallest absolute Gasteiger partial charge is 0.319 e. The van der Waals surface area contributed by atoms with Crippen molar-refractivity contribution in [3.8, 4) is 0 Å². The van der Waals surface area contributed by atoms with Gasteiger partial charge in [-0.1, -0.05) is 24.6 Å². The van der Waals surface area contributed by atoms with Crippen LogP contribution >= 0.6 is 0 Å². The van der Waals surface area contributed by atoms with Crippen LogP contribution in [0.5, 0.6) is 0 Å². The predicted molar refractivity (Wildman–Crippen MR) is 148 cm³/mol. The zero-order valence-electron chi connectivity index (χ0n) is 23.2. The first kappa shape index (κ1) is 25.6. The van der Waals surface area contributed by atoms with E-state index in [0.717, 1.165) is 45.2 Å². The molecule has 1 aromatic carbocycles. The van der Waals surface area contributed by atoms with Gasteiger partial charge in [-0.25, -0.2) is 0 Å². The Morgan fingerprint density at radius 2 is 1.74 bits per heavy atom. The first-order chi connectivity index (χ1) is 18.3. The topological polar surface area (TPSA) is 63.7 Å². The third-order valence-electron chi connectivity index (χ3n) is 11.1. The fraction of sp³-hybridized carbons (Fsp3) is 0.606. The van der Waals surface area contributed by atoms with Gasteiger partial charge in [-0.05, 0) is 117 Å². The third-order valence-corrected chi connectivity index (χ3v) is 11.1. The summed E-state index contributed by atoms with van der Waals surface area (Å²) >= 11 is 0. The number of methoxy groups -OCH3 is 1. The molecule has 0 radical (unpaired) electrons. The van der Waals surface area contributed by atoms with Crippen LogP contribution < -0.4 is 4.90 Å². The lowest BCUT2D eigenvalue weighted by Crippen LogP contribution is -2.54. The van der Waals surface area contributed by atoms with Gasteiger partial charge in [0.25, 0.3) is 0 Å². The largest absolute Gasteiger partial charge is 0.468 e. The van der Waals surface area contributed by atoms with E-state index in [1.54, 1.807) is 6.92 Å². The van der Waals surface area contributed by atoms with Crippen molar-refractivity contribution in [2.24, 2.45) is 22.7 Å².